The molecule has 2 N–H and O–H groups in total. The molecule has 0 aliphatic heterocycles. The fourth-order valence-electron chi connectivity index (χ4n) is 1.72. The topological polar surface area (TPSA) is 86.7 Å². The van der Waals surface area contributed by atoms with Gasteiger partial charge in [-0.05, 0) is 25.7 Å². The standard InChI is InChI=1S/C15H26N2O4/c1-9(2)7-17(8-10(3)4)15(21)16-13(18)11(5)12(6)14(19)20/h9-10H,7-8H2,1-6H3,(H,19,20)(H,16,18,21). The van der Waals surface area contributed by atoms with Gasteiger partial charge in [0.15, 0.2) is 0 Å². The lowest BCUT2D eigenvalue weighted by molar-refractivity contribution is -0.133. The zero-order chi connectivity index (χ0) is 16.7. The van der Waals surface area contributed by atoms with Gasteiger partial charge in [-0.1, -0.05) is 27.7 Å². The molecule has 0 radical (unpaired) electrons. The molecule has 0 aliphatic rings. The average molecular weight is 298 g/mol. The van der Waals surface area contributed by atoms with Crippen molar-refractivity contribution in [1.29, 1.82) is 0 Å². The van der Waals surface area contributed by atoms with Crippen LogP contribution in [-0.4, -0.2) is 41.0 Å². The minimum absolute atomic E-state index is 0.0323. The van der Waals surface area contributed by atoms with Gasteiger partial charge in [0.2, 0.25) is 0 Å². The van der Waals surface area contributed by atoms with Crippen molar-refractivity contribution in [1.82, 2.24) is 10.2 Å². The van der Waals surface area contributed by atoms with Crippen molar-refractivity contribution in [2.75, 3.05) is 13.1 Å². The third-order valence-corrected chi connectivity index (χ3v) is 2.90. The van der Waals surface area contributed by atoms with Crippen molar-refractivity contribution in [2.24, 2.45) is 11.8 Å². The summed E-state index contributed by atoms with van der Waals surface area (Å²) < 4.78 is 0. The van der Waals surface area contributed by atoms with E-state index in [1.807, 2.05) is 27.7 Å². The fourth-order valence-corrected chi connectivity index (χ4v) is 1.72. The first-order chi connectivity index (χ1) is 9.56. The number of hydrogen-bond acceptors (Lipinski definition) is 3. The Morgan fingerprint density at radius 3 is 1.71 bits per heavy atom. The lowest BCUT2D eigenvalue weighted by atomic mass is 10.1. The zero-order valence-corrected chi connectivity index (χ0v) is 13.7. The van der Waals surface area contributed by atoms with E-state index in [-0.39, 0.29) is 23.0 Å². The minimum Gasteiger partial charge on any atom is -0.478 e. The van der Waals surface area contributed by atoms with Crippen LogP contribution in [0, 0.1) is 11.8 Å². The van der Waals surface area contributed by atoms with Gasteiger partial charge in [0.1, 0.15) is 0 Å². The van der Waals surface area contributed by atoms with Crippen LogP contribution in [0.25, 0.3) is 0 Å². The molecule has 0 heterocycles. The van der Waals surface area contributed by atoms with Crippen molar-refractivity contribution >= 4 is 17.9 Å². The predicted molar refractivity (Wildman–Crippen MR) is 80.8 cm³/mol. The summed E-state index contributed by atoms with van der Waals surface area (Å²) in [7, 11) is 0. The Bertz CT molecular complexity index is 429. The number of urea groups is 1. The van der Waals surface area contributed by atoms with Crippen LogP contribution in [0.1, 0.15) is 41.5 Å². The van der Waals surface area contributed by atoms with Crippen LogP contribution in [0.2, 0.25) is 0 Å². The molecule has 6 nitrogen and oxygen atoms in total. The van der Waals surface area contributed by atoms with Gasteiger partial charge in [-0.25, -0.2) is 9.59 Å². The predicted octanol–water partition coefficient (Wildman–Crippen LogP) is 2.26. The maximum atomic E-state index is 12.1. The summed E-state index contributed by atoms with van der Waals surface area (Å²) in [5.74, 6) is -1.28. The first-order valence-corrected chi connectivity index (χ1v) is 7.07. The van der Waals surface area contributed by atoms with Gasteiger partial charge in [-0.15, -0.1) is 0 Å². The van der Waals surface area contributed by atoms with Crippen LogP contribution in [0.3, 0.4) is 0 Å². The van der Waals surface area contributed by atoms with Gasteiger partial charge in [0.05, 0.1) is 0 Å². The maximum absolute atomic E-state index is 12.1. The second-order valence-corrected chi connectivity index (χ2v) is 6.01. The molecule has 0 aliphatic carbocycles. The molecule has 21 heavy (non-hydrogen) atoms. The largest absolute Gasteiger partial charge is 0.478 e. The molecule has 6 heteroatoms. The third-order valence-electron chi connectivity index (χ3n) is 2.90. The van der Waals surface area contributed by atoms with Crippen LogP contribution < -0.4 is 5.32 Å². The number of imide groups is 1. The fraction of sp³-hybridized carbons (Fsp3) is 0.667. The Labute approximate surface area is 126 Å². The molecule has 0 bridgehead atoms. The van der Waals surface area contributed by atoms with Crippen LogP contribution in [0.15, 0.2) is 11.1 Å². The Hall–Kier alpha value is -1.85. The number of carbonyl (C=O) groups excluding carboxylic acids is 2. The van der Waals surface area contributed by atoms with Crippen molar-refractivity contribution in [2.45, 2.75) is 41.5 Å². The van der Waals surface area contributed by atoms with E-state index in [9.17, 15) is 14.4 Å². The Balaban J connectivity index is 4.94. The number of nitrogens with zero attached hydrogens (tertiary/aromatic N) is 1. The van der Waals surface area contributed by atoms with E-state index >= 15 is 0 Å². The highest BCUT2D eigenvalue weighted by Gasteiger charge is 2.20. The quantitative estimate of drug-likeness (QED) is 0.736. The lowest BCUT2D eigenvalue weighted by Gasteiger charge is -2.26. The first kappa shape index (κ1) is 19.1. The van der Waals surface area contributed by atoms with Gasteiger partial charge >= 0.3 is 12.0 Å². The summed E-state index contributed by atoms with van der Waals surface area (Å²) >= 11 is 0. The SMILES string of the molecule is CC(C(=O)O)=C(C)C(=O)NC(=O)N(CC(C)C)CC(C)C. The summed E-state index contributed by atoms with van der Waals surface area (Å²) in [6.45, 7) is 11.8. The molecule has 0 atom stereocenters. The number of aliphatic carboxylic acids is 1. The second-order valence-electron chi connectivity index (χ2n) is 6.01. The van der Waals surface area contributed by atoms with Crippen LogP contribution in [0.4, 0.5) is 4.79 Å². The molecule has 0 spiro atoms. The summed E-state index contributed by atoms with van der Waals surface area (Å²) in [6, 6.07) is -0.486. The Morgan fingerprint density at radius 2 is 1.38 bits per heavy atom. The molecule has 3 amide bonds. The number of rotatable bonds is 6. The molecule has 0 aromatic rings. The molecule has 0 unspecified atom stereocenters. The number of hydrogen-bond donors (Lipinski definition) is 2. The minimum atomic E-state index is -1.17. The van der Waals surface area contributed by atoms with Gasteiger partial charge in [0, 0.05) is 24.2 Å². The maximum Gasteiger partial charge on any atom is 0.331 e. The Morgan fingerprint density at radius 1 is 0.952 bits per heavy atom. The van der Waals surface area contributed by atoms with Crippen molar-refractivity contribution in [3.8, 4) is 0 Å². The zero-order valence-electron chi connectivity index (χ0n) is 13.7. The molecule has 0 saturated carbocycles. The molecule has 0 rings (SSSR count). The summed E-state index contributed by atoms with van der Waals surface area (Å²) in [5.41, 5.74) is -0.0375. The van der Waals surface area contributed by atoms with Gasteiger partial charge < -0.3 is 10.0 Å². The van der Waals surface area contributed by atoms with E-state index in [1.165, 1.54) is 13.8 Å². The Kier molecular flexibility index (Phi) is 7.70. The van der Waals surface area contributed by atoms with E-state index in [0.717, 1.165) is 0 Å². The van der Waals surface area contributed by atoms with Crippen LogP contribution >= 0.6 is 0 Å². The van der Waals surface area contributed by atoms with Crippen LogP contribution in [0.5, 0.6) is 0 Å². The molecule has 0 fully saturated rings. The molecule has 0 saturated heterocycles. The van der Waals surface area contributed by atoms with Gasteiger partial charge in [-0.3, -0.25) is 10.1 Å². The summed E-state index contributed by atoms with van der Waals surface area (Å²) in [4.78, 5) is 36.4. The van der Waals surface area contributed by atoms with Crippen molar-refractivity contribution < 1.29 is 19.5 Å². The normalized spacial score (nSPS) is 12.2. The first-order valence-electron chi connectivity index (χ1n) is 7.07. The number of amides is 3. The smallest absolute Gasteiger partial charge is 0.331 e. The second kappa shape index (κ2) is 8.44. The average Bonchev–Trinajstić information content (AvgIpc) is 2.34. The molecule has 120 valence electrons. The van der Waals surface area contributed by atoms with E-state index < -0.39 is 17.9 Å². The van der Waals surface area contributed by atoms with E-state index in [4.69, 9.17) is 5.11 Å². The molecule has 0 aromatic carbocycles. The molecular formula is C15H26N2O4. The van der Waals surface area contributed by atoms with Gasteiger partial charge in [-0.2, -0.15) is 0 Å². The number of nitrogens with one attached hydrogen (secondary N) is 1. The van der Waals surface area contributed by atoms with E-state index in [1.54, 1.807) is 4.90 Å². The summed E-state index contributed by atoms with van der Waals surface area (Å²) in [6.07, 6.45) is 0. The van der Waals surface area contributed by atoms with Crippen molar-refractivity contribution in [3.05, 3.63) is 11.1 Å². The third kappa shape index (κ3) is 6.92. The van der Waals surface area contributed by atoms with E-state index in [0.29, 0.717) is 13.1 Å². The summed E-state index contributed by atoms with van der Waals surface area (Å²) in [5, 5.41) is 11.1. The van der Waals surface area contributed by atoms with Crippen LogP contribution in [-0.2, 0) is 9.59 Å². The highest BCUT2D eigenvalue weighted by atomic mass is 16.4. The van der Waals surface area contributed by atoms with Crippen molar-refractivity contribution in [3.63, 3.8) is 0 Å². The van der Waals surface area contributed by atoms with Gasteiger partial charge in [0.25, 0.3) is 5.91 Å². The molecule has 0 aromatic heterocycles. The number of carbonyl (C=O) groups is 3. The number of carboxylic acid groups (broad SMARTS) is 1. The highest BCUT2D eigenvalue weighted by Crippen LogP contribution is 2.07. The monoisotopic (exact) mass is 298 g/mol. The van der Waals surface area contributed by atoms with E-state index in [2.05, 4.69) is 5.32 Å². The molecular weight excluding hydrogens is 272 g/mol. The lowest BCUT2D eigenvalue weighted by Crippen LogP contribution is -2.46. The highest BCUT2D eigenvalue weighted by molar-refractivity contribution is 6.07. The number of carboxylic acids is 1.